The van der Waals surface area contributed by atoms with Crippen molar-refractivity contribution in [2.75, 3.05) is 19.6 Å². The summed E-state index contributed by atoms with van der Waals surface area (Å²) in [7, 11) is 0. The Kier molecular flexibility index (Phi) is 5.60. The number of piperidine rings is 1. The lowest BCUT2D eigenvalue weighted by Crippen LogP contribution is -2.46. The van der Waals surface area contributed by atoms with Gasteiger partial charge in [0, 0.05) is 12.6 Å². The first kappa shape index (κ1) is 16.3. The van der Waals surface area contributed by atoms with Crippen molar-refractivity contribution in [3.05, 3.63) is 0 Å². The molecule has 1 aliphatic heterocycles. The van der Waals surface area contributed by atoms with E-state index in [1.54, 1.807) is 0 Å². The zero-order valence-corrected chi connectivity index (χ0v) is 13.1. The predicted molar refractivity (Wildman–Crippen MR) is 82.4 cm³/mol. The van der Waals surface area contributed by atoms with Gasteiger partial charge in [-0.05, 0) is 58.0 Å². The molecule has 21 heavy (non-hydrogen) atoms. The van der Waals surface area contributed by atoms with Crippen LogP contribution in [0.5, 0.6) is 0 Å². The van der Waals surface area contributed by atoms with Crippen LogP contribution in [0.4, 0.5) is 0 Å². The Hall–Kier alpha value is -1.12. The highest BCUT2D eigenvalue weighted by Crippen LogP contribution is 2.27. The number of carbonyl (C=O) groups is 1. The van der Waals surface area contributed by atoms with Gasteiger partial charge in [0.2, 0.25) is 5.91 Å². The third-order valence-electron chi connectivity index (χ3n) is 4.86. The molecular weight excluding hydrogens is 264 g/mol. The molecule has 2 aliphatic rings. The van der Waals surface area contributed by atoms with Crippen LogP contribution in [0, 0.1) is 17.2 Å². The number of nitriles is 1. The molecule has 2 fully saturated rings. The van der Waals surface area contributed by atoms with E-state index < -0.39 is 0 Å². The molecule has 0 aromatic heterocycles. The Balaban J connectivity index is 1.76. The van der Waals surface area contributed by atoms with E-state index in [9.17, 15) is 10.1 Å². The summed E-state index contributed by atoms with van der Waals surface area (Å²) in [6, 6.07) is 3.05. The largest absolute Gasteiger partial charge is 0.369 e. The van der Waals surface area contributed by atoms with Gasteiger partial charge in [-0.3, -0.25) is 10.1 Å². The van der Waals surface area contributed by atoms with Gasteiger partial charge in [0.05, 0.1) is 12.0 Å². The number of hydrogen-bond donors (Lipinski definition) is 2. The molecule has 1 aliphatic carbocycles. The first-order valence-electron chi connectivity index (χ1n) is 8.29. The Bertz CT molecular complexity index is 402. The lowest BCUT2D eigenvalue weighted by atomic mass is 9.91. The van der Waals surface area contributed by atoms with E-state index in [0.29, 0.717) is 6.04 Å². The van der Waals surface area contributed by atoms with Crippen LogP contribution in [0.15, 0.2) is 0 Å². The third kappa shape index (κ3) is 4.69. The van der Waals surface area contributed by atoms with Crippen molar-refractivity contribution < 1.29 is 4.79 Å². The summed E-state index contributed by atoms with van der Waals surface area (Å²) in [6.45, 7) is 4.88. The quantitative estimate of drug-likeness (QED) is 0.708. The number of nitrogens with one attached hydrogen (secondary N) is 1. The number of primary amides is 1. The minimum Gasteiger partial charge on any atom is -0.369 e. The van der Waals surface area contributed by atoms with Crippen molar-refractivity contribution in [2.24, 2.45) is 11.7 Å². The fourth-order valence-corrected chi connectivity index (χ4v) is 3.23. The van der Waals surface area contributed by atoms with Crippen LogP contribution in [0.2, 0.25) is 0 Å². The van der Waals surface area contributed by atoms with Crippen LogP contribution in [0.25, 0.3) is 0 Å². The summed E-state index contributed by atoms with van der Waals surface area (Å²) in [4.78, 5) is 13.6. The standard InChI is InChI=1S/C16H28N4O/c1-2-16(12-17,19-14-6-7-14)8-4-10-20-9-3-5-13(11-20)15(18)21/h13-14,19H,2-11H2,1H3,(H2,18,21). The van der Waals surface area contributed by atoms with Crippen LogP contribution in [-0.4, -0.2) is 42.0 Å². The van der Waals surface area contributed by atoms with Crippen molar-refractivity contribution in [3.63, 3.8) is 0 Å². The summed E-state index contributed by atoms with van der Waals surface area (Å²) >= 11 is 0. The highest BCUT2D eigenvalue weighted by Gasteiger charge is 2.34. The van der Waals surface area contributed by atoms with Crippen molar-refractivity contribution in [3.8, 4) is 6.07 Å². The molecule has 0 spiro atoms. The second kappa shape index (κ2) is 7.24. The molecule has 5 heteroatoms. The van der Waals surface area contributed by atoms with Crippen LogP contribution >= 0.6 is 0 Å². The van der Waals surface area contributed by atoms with E-state index in [1.165, 1.54) is 12.8 Å². The molecule has 2 rings (SSSR count). The van der Waals surface area contributed by atoms with Gasteiger partial charge in [-0.15, -0.1) is 0 Å². The lowest BCUT2D eigenvalue weighted by Gasteiger charge is -2.32. The van der Waals surface area contributed by atoms with E-state index in [0.717, 1.165) is 51.7 Å². The van der Waals surface area contributed by atoms with Gasteiger partial charge < -0.3 is 10.6 Å². The minimum atomic E-state index is -0.361. The van der Waals surface area contributed by atoms with Gasteiger partial charge in [-0.25, -0.2) is 0 Å². The molecule has 1 amide bonds. The Morgan fingerprint density at radius 3 is 2.81 bits per heavy atom. The van der Waals surface area contributed by atoms with E-state index >= 15 is 0 Å². The molecule has 1 saturated carbocycles. The summed E-state index contributed by atoms with van der Waals surface area (Å²) in [5.41, 5.74) is 5.05. The molecule has 2 atom stereocenters. The summed E-state index contributed by atoms with van der Waals surface area (Å²) in [5.74, 6) is -0.162. The maximum Gasteiger partial charge on any atom is 0.221 e. The molecule has 118 valence electrons. The first-order chi connectivity index (χ1) is 10.1. The number of nitrogens with two attached hydrogens (primary N) is 1. The molecule has 0 radical (unpaired) electrons. The number of carbonyl (C=O) groups excluding carboxylic acids is 1. The van der Waals surface area contributed by atoms with E-state index in [2.05, 4.69) is 23.2 Å². The lowest BCUT2D eigenvalue weighted by molar-refractivity contribution is -0.123. The number of hydrogen-bond acceptors (Lipinski definition) is 4. The predicted octanol–water partition coefficient (Wildman–Crippen LogP) is 1.39. The molecule has 0 aromatic carbocycles. The minimum absolute atomic E-state index is 0.00948. The number of likely N-dealkylation sites (tertiary alicyclic amines) is 1. The normalized spacial score (nSPS) is 26.0. The molecule has 0 bridgehead atoms. The van der Waals surface area contributed by atoms with Crippen LogP contribution < -0.4 is 11.1 Å². The second-order valence-corrected chi connectivity index (χ2v) is 6.61. The molecule has 2 unspecified atom stereocenters. The van der Waals surface area contributed by atoms with Gasteiger partial charge in [0.15, 0.2) is 0 Å². The summed E-state index contributed by atoms with van der Waals surface area (Å²) in [5, 5.41) is 13.0. The zero-order valence-electron chi connectivity index (χ0n) is 13.1. The van der Waals surface area contributed by atoms with E-state index in [1.807, 2.05) is 0 Å². The fraction of sp³-hybridized carbons (Fsp3) is 0.875. The third-order valence-corrected chi connectivity index (χ3v) is 4.86. The van der Waals surface area contributed by atoms with Gasteiger partial charge in [0.1, 0.15) is 5.54 Å². The summed E-state index contributed by atoms with van der Waals surface area (Å²) < 4.78 is 0. The Labute approximate surface area is 127 Å². The number of amides is 1. The van der Waals surface area contributed by atoms with Crippen molar-refractivity contribution >= 4 is 5.91 Å². The molecule has 3 N–H and O–H groups in total. The van der Waals surface area contributed by atoms with Crippen LogP contribution in [0.1, 0.15) is 51.9 Å². The van der Waals surface area contributed by atoms with Crippen LogP contribution in [-0.2, 0) is 4.79 Å². The smallest absolute Gasteiger partial charge is 0.221 e. The average Bonchev–Trinajstić information content (AvgIpc) is 3.30. The molecular formula is C16H28N4O. The number of nitrogens with zero attached hydrogens (tertiary/aromatic N) is 2. The SMILES string of the molecule is CCC(C#N)(CCCN1CCCC(C(N)=O)C1)NC1CC1. The van der Waals surface area contributed by atoms with Gasteiger partial charge >= 0.3 is 0 Å². The van der Waals surface area contributed by atoms with E-state index in [-0.39, 0.29) is 17.4 Å². The van der Waals surface area contributed by atoms with Gasteiger partial charge in [-0.2, -0.15) is 5.26 Å². The molecule has 1 heterocycles. The van der Waals surface area contributed by atoms with Gasteiger partial charge in [0.25, 0.3) is 0 Å². The Morgan fingerprint density at radius 1 is 1.48 bits per heavy atom. The molecule has 5 nitrogen and oxygen atoms in total. The van der Waals surface area contributed by atoms with Crippen molar-refractivity contribution in [2.45, 2.75) is 63.5 Å². The van der Waals surface area contributed by atoms with Crippen molar-refractivity contribution in [1.82, 2.24) is 10.2 Å². The topological polar surface area (TPSA) is 82.2 Å². The first-order valence-corrected chi connectivity index (χ1v) is 8.29. The average molecular weight is 292 g/mol. The van der Waals surface area contributed by atoms with Gasteiger partial charge in [-0.1, -0.05) is 6.92 Å². The zero-order chi connectivity index (χ0) is 15.3. The molecule has 1 saturated heterocycles. The second-order valence-electron chi connectivity index (χ2n) is 6.61. The fourth-order valence-electron chi connectivity index (χ4n) is 3.23. The maximum atomic E-state index is 11.3. The molecule has 0 aromatic rings. The van der Waals surface area contributed by atoms with E-state index in [4.69, 9.17) is 5.73 Å². The monoisotopic (exact) mass is 292 g/mol. The highest BCUT2D eigenvalue weighted by molar-refractivity contribution is 5.76. The highest BCUT2D eigenvalue weighted by atomic mass is 16.1. The van der Waals surface area contributed by atoms with Crippen LogP contribution in [0.3, 0.4) is 0 Å². The number of rotatable bonds is 8. The summed E-state index contributed by atoms with van der Waals surface area (Å²) in [6.07, 6.45) is 7.10. The van der Waals surface area contributed by atoms with Crippen molar-refractivity contribution in [1.29, 1.82) is 5.26 Å². The maximum absolute atomic E-state index is 11.3. The Morgan fingerprint density at radius 2 is 2.24 bits per heavy atom.